The van der Waals surface area contributed by atoms with Gasteiger partial charge in [0.25, 0.3) is 0 Å². The Labute approximate surface area is 98.2 Å². The fraction of sp³-hybridized carbons (Fsp3) is 0.900. The molecule has 0 aromatic heterocycles. The molecule has 0 spiro atoms. The van der Waals surface area contributed by atoms with Crippen molar-refractivity contribution in [1.29, 1.82) is 0 Å². The molecule has 0 amide bonds. The van der Waals surface area contributed by atoms with Crippen LogP contribution < -0.4 is 5.73 Å². The Morgan fingerprint density at radius 2 is 1.76 bits per heavy atom. The summed E-state index contributed by atoms with van der Waals surface area (Å²) in [6.07, 6.45) is -5.12. The Morgan fingerprint density at radius 3 is 2.24 bits per heavy atom. The third-order valence-corrected chi connectivity index (χ3v) is 2.04. The summed E-state index contributed by atoms with van der Waals surface area (Å²) in [5.41, 5.74) is 4.41. The molecule has 0 radical (unpaired) electrons. The van der Waals surface area contributed by atoms with Crippen molar-refractivity contribution in [1.82, 2.24) is 0 Å². The van der Waals surface area contributed by atoms with E-state index in [4.69, 9.17) is 15.2 Å². The van der Waals surface area contributed by atoms with Gasteiger partial charge in [-0.15, -0.1) is 0 Å². The molecule has 0 bridgehead atoms. The SMILES string of the molecule is CCOC(=O)C(C)(N)CCOCCC(F)(F)F. The lowest BCUT2D eigenvalue weighted by Crippen LogP contribution is -2.47. The number of esters is 1. The molecule has 0 heterocycles. The summed E-state index contributed by atoms with van der Waals surface area (Å²) in [7, 11) is 0. The topological polar surface area (TPSA) is 61.5 Å². The molecule has 0 fully saturated rings. The van der Waals surface area contributed by atoms with E-state index in [1.54, 1.807) is 6.92 Å². The van der Waals surface area contributed by atoms with Crippen LogP contribution in [0.25, 0.3) is 0 Å². The van der Waals surface area contributed by atoms with Gasteiger partial charge < -0.3 is 15.2 Å². The second-order valence-corrected chi connectivity index (χ2v) is 3.87. The Kier molecular flexibility index (Phi) is 6.48. The fourth-order valence-electron chi connectivity index (χ4n) is 0.972. The van der Waals surface area contributed by atoms with Gasteiger partial charge in [0.1, 0.15) is 5.54 Å². The van der Waals surface area contributed by atoms with Crippen LogP contribution in [0.3, 0.4) is 0 Å². The minimum atomic E-state index is -4.23. The largest absolute Gasteiger partial charge is 0.465 e. The second-order valence-electron chi connectivity index (χ2n) is 3.87. The van der Waals surface area contributed by atoms with E-state index < -0.39 is 30.7 Å². The maximum absolute atomic E-state index is 11.8. The molecule has 7 heteroatoms. The van der Waals surface area contributed by atoms with Crippen molar-refractivity contribution in [3.8, 4) is 0 Å². The van der Waals surface area contributed by atoms with Gasteiger partial charge in [0.15, 0.2) is 0 Å². The van der Waals surface area contributed by atoms with Gasteiger partial charge in [0.05, 0.1) is 19.6 Å². The van der Waals surface area contributed by atoms with Crippen LogP contribution in [0.2, 0.25) is 0 Å². The van der Waals surface area contributed by atoms with Crippen LogP contribution >= 0.6 is 0 Å². The van der Waals surface area contributed by atoms with Gasteiger partial charge in [0.2, 0.25) is 0 Å². The van der Waals surface area contributed by atoms with Crippen molar-refractivity contribution in [3.05, 3.63) is 0 Å². The highest BCUT2D eigenvalue weighted by atomic mass is 19.4. The molecule has 0 aliphatic heterocycles. The van der Waals surface area contributed by atoms with Gasteiger partial charge in [-0.05, 0) is 20.3 Å². The summed E-state index contributed by atoms with van der Waals surface area (Å²) in [6, 6.07) is 0. The number of ether oxygens (including phenoxy) is 2. The normalized spacial score (nSPS) is 15.4. The van der Waals surface area contributed by atoms with Crippen LogP contribution in [-0.2, 0) is 14.3 Å². The molecular weight excluding hydrogens is 239 g/mol. The van der Waals surface area contributed by atoms with Crippen molar-refractivity contribution in [2.24, 2.45) is 5.73 Å². The summed E-state index contributed by atoms with van der Waals surface area (Å²) in [5, 5.41) is 0. The van der Waals surface area contributed by atoms with Crippen LogP contribution in [0.5, 0.6) is 0 Å². The number of hydrogen-bond acceptors (Lipinski definition) is 4. The highest BCUT2D eigenvalue weighted by Crippen LogP contribution is 2.19. The van der Waals surface area contributed by atoms with Crippen LogP contribution in [0.1, 0.15) is 26.7 Å². The van der Waals surface area contributed by atoms with E-state index in [1.165, 1.54) is 6.92 Å². The number of carbonyl (C=O) groups excluding carboxylic acids is 1. The molecule has 2 N–H and O–H groups in total. The number of nitrogens with two attached hydrogens (primary N) is 1. The van der Waals surface area contributed by atoms with Gasteiger partial charge >= 0.3 is 12.1 Å². The Morgan fingerprint density at radius 1 is 1.24 bits per heavy atom. The molecule has 1 unspecified atom stereocenters. The van der Waals surface area contributed by atoms with Gasteiger partial charge in [-0.2, -0.15) is 13.2 Å². The van der Waals surface area contributed by atoms with E-state index in [1.807, 2.05) is 0 Å². The van der Waals surface area contributed by atoms with E-state index >= 15 is 0 Å². The molecular formula is C10H18F3NO3. The zero-order valence-electron chi connectivity index (χ0n) is 9.97. The maximum Gasteiger partial charge on any atom is 0.391 e. The average molecular weight is 257 g/mol. The van der Waals surface area contributed by atoms with E-state index in [0.29, 0.717) is 0 Å². The van der Waals surface area contributed by atoms with Gasteiger partial charge in [-0.3, -0.25) is 4.79 Å². The predicted octanol–water partition coefficient (Wildman–Crippen LogP) is 1.63. The minimum Gasteiger partial charge on any atom is -0.465 e. The van der Waals surface area contributed by atoms with E-state index in [-0.39, 0.29) is 19.6 Å². The van der Waals surface area contributed by atoms with E-state index in [2.05, 4.69) is 0 Å². The average Bonchev–Trinajstić information content (AvgIpc) is 2.15. The van der Waals surface area contributed by atoms with Gasteiger partial charge in [0, 0.05) is 6.61 Å². The minimum absolute atomic E-state index is 0.0120. The zero-order valence-corrected chi connectivity index (χ0v) is 9.97. The maximum atomic E-state index is 11.8. The van der Waals surface area contributed by atoms with Crippen molar-refractivity contribution in [2.45, 2.75) is 38.4 Å². The van der Waals surface area contributed by atoms with Crippen molar-refractivity contribution < 1.29 is 27.4 Å². The standard InChI is InChI=1S/C10H18F3NO3/c1-3-17-8(15)9(2,14)4-6-16-7-5-10(11,12)13/h3-7,14H2,1-2H3. The molecule has 1 atom stereocenters. The number of carbonyl (C=O) groups is 1. The number of rotatable bonds is 7. The first-order valence-corrected chi connectivity index (χ1v) is 5.29. The summed E-state index contributed by atoms with van der Waals surface area (Å²) < 4.78 is 44.8. The van der Waals surface area contributed by atoms with E-state index in [9.17, 15) is 18.0 Å². The molecule has 17 heavy (non-hydrogen) atoms. The number of hydrogen-bond donors (Lipinski definition) is 1. The molecule has 4 nitrogen and oxygen atoms in total. The molecule has 0 saturated carbocycles. The lowest BCUT2D eigenvalue weighted by atomic mass is 10.0. The van der Waals surface area contributed by atoms with E-state index in [0.717, 1.165) is 0 Å². The third-order valence-electron chi connectivity index (χ3n) is 2.04. The summed E-state index contributed by atoms with van der Waals surface area (Å²) in [5.74, 6) is -0.584. The van der Waals surface area contributed by atoms with Crippen LogP contribution in [-0.4, -0.2) is 37.5 Å². The Bertz CT molecular complexity index is 241. The van der Waals surface area contributed by atoms with Crippen LogP contribution in [0.15, 0.2) is 0 Å². The van der Waals surface area contributed by atoms with Crippen molar-refractivity contribution in [2.75, 3.05) is 19.8 Å². The zero-order chi connectivity index (χ0) is 13.5. The van der Waals surface area contributed by atoms with Crippen LogP contribution in [0.4, 0.5) is 13.2 Å². The monoisotopic (exact) mass is 257 g/mol. The van der Waals surface area contributed by atoms with Crippen molar-refractivity contribution >= 4 is 5.97 Å². The first-order chi connectivity index (χ1) is 7.69. The molecule has 0 saturated heterocycles. The molecule has 0 aromatic carbocycles. The van der Waals surface area contributed by atoms with Crippen molar-refractivity contribution in [3.63, 3.8) is 0 Å². The molecule has 0 aromatic rings. The molecule has 0 rings (SSSR count). The second kappa shape index (κ2) is 6.80. The summed E-state index contributed by atoms with van der Waals surface area (Å²) in [6.45, 7) is 2.87. The highest BCUT2D eigenvalue weighted by Gasteiger charge is 2.30. The smallest absolute Gasteiger partial charge is 0.391 e. The number of alkyl halides is 3. The van der Waals surface area contributed by atoms with Gasteiger partial charge in [-0.1, -0.05) is 0 Å². The predicted molar refractivity (Wildman–Crippen MR) is 55.3 cm³/mol. The highest BCUT2D eigenvalue weighted by molar-refractivity contribution is 5.79. The first kappa shape index (κ1) is 16.2. The summed E-state index contributed by atoms with van der Waals surface area (Å²) >= 11 is 0. The Balaban J connectivity index is 3.76. The quantitative estimate of drug-likeness (QED) is 0.556. The van der Waals surface area contributed by atoms with Gasteiger partial charge in [-0.25, -0.2) is 0 Å². The lowest BCUT2D eigenvalue weighted by molar-refractivity contribution is -0.152. The third kappa shape index (κ3) is 7.98. The van der Waals surface area contributed by atoms with Crippen LogP contribution in [0, 0.1) is 0 Å². The first-order valence-electron chi connectivity index (χ1n) is 5.29. The summed E-state index contributed by atoms with van der Waals surface area (Å²) in [4.78, 5) is 11.3. The molecule has 102 valence electrons. The molecule has 0 aliphatic rings. The molecule has 0 aliphatic carbocycles. The number of halogens is 3. The Hall–Kier alpha value is -0.820. The lowest BCUT2D eigenvalue weighted by Gasteiger charge is -2.21. The fourth-order valence-corrected chi connectivity index (χ4v) is 0.972.